The van der Waals surface area contributed by atoms with E-state index in [4.69, 9.17) is 10.7 Å². The summed E-state index contributed by atoms with van der Waals surface area (Å²) >= 11 is 0. The van der Waals surface area contributed by atoms with Gasteiger partial charge in [0.05, 0.1) is 11.0 Å². The second kappa shape index (κ2) is 11.2. The second-order valence-corrected chi connectivity index (χ2v) is 8.19. The monoisotopic (exact) mass is 381 g/mol. The predicted molar refractivity (Wildman–Crippen MR) is 123 cm³/mol. The maximum absolute atomic E-state index is 5.93. The molecular weight excluding hydrogens is 342 g/mol. The van der Waals surface area contributed by atoms with Crippen molar-refractivity contribution in [2.45, 2.75) is 86.2 Å². The van der Waals surface area contributed by atoms with E-state index in [1.165, 1.54) is 60.8 Å². The Morgan fingerprint density at radius 3 is 2.54 bits per heavy atom. The molecule has 0 radical (unpaired) electrons. The Bertz CT molecular complexity index is 807. The Morgan fingerprint density at radius 1 is 1.14 bits per heavy atom. The molecule has 1 unspecified atom stereocenters. The van der Waals surface area contributed by atoms with Crippen molar-refractivity contribution >= 4 is 16.6 Å². The smallest absolute Gasteiger partial charge is 0.140 e. The fourth-order valence-electron chi connectivity index (χ4n) is 3.96. The fraction of sp³-hybridized carbons (Fsp3) is 0.560. The minimum absolute atomic E-state index is 0.565. The lowest BCUT2D eigenvalue weighted by atomic mass is 9.96. The van der Waals surface area contributed by atoms with Gasteiger partial charge in [0.1, 0.15) is 5.82 Å². The first kappa shape index (κ1) is 22.4. The number of rotatable bonds is 11. The minimum Gasteiger partial charge on any atom is -0.326 e. The first-order valence-corrected chi connectivity index (χ1v) is 11.0. The van der Waals surface area contributed by atoms with Crippen molar-refractivity contribution in [3.05, 3.63) is 47.3 Å². The molecule has 0 aliphatic carbocycles. The largest absolute Gasteiger partial charge is 0.326 e. The number of nitrogens with two attached hydrogens (primary N) is 1. The standard InChI is InChI=1S/C25H39N3/c1-6-9-10-12-20(11-7-2)18-28-24-16-21(17-26)13-14-23(24)27-25(28)22(8-3)15-19(4)5/h8,13-16,20H,6-7,9-12,17-18,26H2,1-5H3/b22-8+. The molecule has 1 aromatic carbocycles. The average molecular weight is 382 g/mol. The van der Waals surface area contributed by atoms with Crippen LogP contribution in [0, 0.1) is 5.92 Å². The molecule has 1 heterocycles. The summed E-state index contributed by atoms with van der Waals surface area (Å²) in [5.41, 5.74) is 11.9. The number of nitrogens with zero attached hydrogens (tertiary/aromatic N) is 2. The van der Waals surface area contributed by atoms with Crippen molar-refractivity contribution < 1.29 is 0 Å². The molecule has 0 bridgehead atoms. The van der Waals surface area contributed by atoms with Crippen LogP contribution in [0.5, 0.6) is 0 Å². The van der Waals surface area contributed by atoms with E-state index < -0.39 is 0 Å². The second-order valence-electron chi connectivity index (χ2n) is 8.19. The summed E-state index contributed by atoms with van der Waals surface area (Å²) in [6.45, 7) is 12.6. The SMILES string of the molecule is C/C=C(\C=C(C)C)c1nc2ccc(CN)cc2n1CC(CCC)CCCCC. The zero-order valence-corrected chi connectivity index (χ0v) is 18.6. The van der Waals surface area contributed by atoms with Crippen LogP contribution in [0.4, 0.5) is 0 Å². The molecule has 2 rings (SSSR count). The summed E-state index contributed by atoms with van der Waals surface area (Å²) < 4.78 is 2.45. The molecule has 0 aliphatic rings. The van der Waals surface area contributed by atoms with Gasteiger partial charge >= 0.3 is 0 Å². The third-order valence-electron chi connectivity index (χ3n) is 5.42. The zero-order valence-electron chi connectivity index (χ0n) is 18.6. The van der Waals surface area contributed by atoms with Gasteiger partial charge in [0, 0.05) is 18.7 Å². The van der Waals surface area contributed by atoms with Gasteiger partial charge in [-0.3, -0.25) is 0 Å². The summed E-state index contributed by atoms with van der Waals surface area (Å²) in [6.07, 6.45) is 12.2. The van der Waals surface area contributed by atoms with Gasteiger partial charge in [-0.15, -0.1) is 0 Å². The molecule has 2 aromatic rings. The maximum Gasteiger partial charge on any atom is 0.140 e. The molecule has 3 nitrogen and oxygen atoms in total. The van der Waals surface area contributed by atoms with E-state index in [0.717, 1.165) is 17.9 Å². The average Bonchev–Trinajstić information content (AvgIpc) is 3.03. The Kier molecular flexibility index (Phi) is 8.98. The number of fused-ring (bicyclic) bond motifs is 1. The topological polar surface area (TPSA) is 43.8 Å². The molecule has 0 spiro atoms. The van der Waals surface area contributed by atoms with Gasteiger partial charge in [-0.1, -0.05) is 63.3 Å². The van der Waals surface area contributed by atoms with E-state index in [-0.39, 0.29) is 0 Å². The Balaban J connectivity index is 2.51. The number of allylic oxidation sites excluding steroid dienone is 4. The zero-order chi connectivity index (χ0) is 20.5. The van der Waals surface area contributed by atoms with Crippen LogP contribution >= 0.6 is 0 Å². The lowest BCUT2D eigenvalue weighted by Crippen LogP contribution is -2.13. The maximum atomic E-state index is 5.93. The van der Waals surface area contributed by atoms with E-state index >= 15 is 0 Å². The highest BCUT2D eigenvalue weighted by Crippen LogP contribution is 2.28. The van der Waals surface area contributed by atoms with Gasteiger partial charge < -0.3 is 10.3 Å². The molecule has 3 heteroatoms. The number of benzene rings is 1. The molecule has 0 amide bonds. The molecule has 1 atom stereocenters. The Morgan fingerprint density at radius 2 is 1.93 bits per heavy atom. The lowest BCUT2D eigenvalue weighted by molar-refractivity contribution is 0.373. The van der Waals surface area contributed by atoms with Crippen molar-refractivity contribution in [1.82, 2.24) is 9.55 Å². The quantitative estimate of drug-likeness (QED) is 0.341. The molecule has 154 valence electrons. The molecule has 0 saturated heterocycles. The lowest BCUT2D eigenvalue weighted by Gasteiger charge is -2.20. The van der Waals surface area contributed by atoms with Crippen LogP contribution in [0.25, 0.3) is 16.6 Å². The van der Waals surface area contributed by atoms with Gasteiger partial charge in [0.15, 0.2) is 0 Å². The number of hydrogen-bond acceptors (Lipinski definition) is 2. The molecule has 0 fully saturated rings. The molecular formula is C25H39N3. The highest BCUT2D eigenvalue weighted by atomic mass is 15.1. The van der Waals surface area contributed by atoms with Crippen molar-refractivity contribution in [3.8, 4) is 0 Å². The van der Waals surface area contributed by atoms with Crippen LogP contribution in [0.1, 0.15) is 84.5 Å². The van der Waals surface area contributed by atoms with E-state index in [1.54, 1.807) is 0 Å². The number of aromatic nitrogens is 2. The third kappa shape index (κ3) is 5.81. The molecule has 1 aromatic heterocycles. The van der Waals surface area contributed by atoms with Crippen LogP contribution < -0.4 is 5.73 Å². The number of imidazole rings is 1. The highest BCUT2D eigenvalue weighted by Gasteiger charge is 2.17. The molecule has 0 aliphatic heterocycles. The van der Waals surface area contributed by atoms with E-state index in [2.05, 4.69) is 69.5 Å². The minimum atomic E-state index is 0.565. The summed E-state index contributed by atoms with van der Waals surface area (Å²) in [5.74, 6) is 1.78. The van der Waals surface area contributed by atoms with Crippen LogP contribution in [-0.4, -0.2) is 9.55 Å². The Labute approximate surface area is 171 Å². The van der Waals surface area contributed by atoms with Gasteiger partial charge in [0.25, 0.3) is 0 Å². The van der Waals surface area contributed by atoms with Crippen LogP contribution in [0.15, 0.2) is 35.9 Å². The van der Waals surface area contributed by atoms with Gasteiger partial charge in [-0.2, -0.15) is 0 Å². The van der Waals surface area contributed by atoms with Crippen molar-refractivity contribution in [3.63, 3.8) is 0 Å². The summed E-state index contributed by atoms with van der Waals surface area (Å²) in [4.78, 5) is 5.03. The molecule has 0 saturated carbocycles. The van der Waals surface area contributed by atoms with E-state index in [9.17, 15) is 0 Å². The molecule has 28 heavy (non-hydrogen) atoms. The number of unbranched alkanes of at least 4 members (excludes halogenated alkanes) is 2. The van der Waals surface area contributed by atoms with Crippen LogP contribution in [-0.2, 0) is 13.1 Å². The summed E-state index contributed by atoms with van der Waals surface area (Å²) in [6, 6.07) is 6.46. The first-order chi connectivity index (χ1) is 13.5. The number of hydrogen-bond donors (Lipinski definition) is 1. The van der Waals surface area contributed by atoms with Gasteiger partial charge in [-0.25, -0.2) is 4.98 Å². The summed E-state index contributed by atoms with van der Waals surface area (Å²) in [5, 5.41) is 0. The molecule has 2 N–H and O–H groups in total. The van der Waals surface area contributed by atoms with E-state index in [1.807, 2.05) is 0 Å². The van der Waals surface area contributed by atoms with Gasteiger partial charge in [-0.05, 0) is 57.2 Å². The Hall–Kier alpha value is -1.87. The predicted octanol–water partition coefficient (Wildman–Crippen LogP) is 6.86. The van der Waals surface area contributed by atoms with Crippen molar-refractivity contribution in [2.75, 3.05) is 0 Å². The first-order valence-electron chi connectivity index (χ1n) is 11.0. The van der Waals surface area contributed by atoms with Gasteiger partial charge in [0.2, 0.25) is 0 Å². The summed E-state index contributed by atoms with van der Waals surface area (Å²) in [7, 11) is 0. The fourth-order valence-corrected chi connectivity index (χ4v) is 3.96. The van der Waals surface area contributed by atoms with Crippen molar-refractivity contribution in [1.29, 1.82) is 0 Å². The van der Waals surface area contributed by atoms with E-state index in [0.29, 0.717) is 12.5 Å². The van der Waals surface area contributed by atoms with Crippen molar-refractivity contribution in [2.24, 2.45) is 11.7 Å². The van der Waals surface area contributed by atoms with Crippen LogP contribution in [0.2, 0.25) is 0 Å². The highest BCUT2D eigenvalue weighted by molar-refractivity contribution is 5.82. The van der Waals surface area contributed by atoms with Crippen LogP contribution in [0.3, 0.4) is 0 Å². The normalized spacial score (nSPS) is 13.1. The third-order valence-corrected chi connectivity index (χ3v) is 5.42.